The lowest BCUT2D eigenvalue weighted by atomic mass is 10.2. The number of aromatic hydroxyl groups is 1. The average Bonchev–Trinajstić information content (AvgIpc) is 3.64. The van der Waals surface area contributed by atoms with E-state index in [1.807, 2.05) is 88.0 Å². The van der Waals surface area contributed by atoms with Crippen LogP contribution in [0.15, 0.2) is 69.9 Å². The van der Waals surface area contributed by atoms with Gasteiger partial charge in [-0.25, -0.2) is 14.4 Å². The lowest BCUT2D eigenvalue weighted by Crippen LogP contribution is -2.13. The molecule has 0 aliphatic rings. The molecule has 10 nitrogen and oxygen atoms in total. The maximum absolute atomic E-state index is 12.1. The van der Waals surface area contributed by atoms with Crippen molar-refractivity contribution in [3.8, 4) is 11.5 Å². The molecule has 0 fully saturated rings. The fourth-order valence-corrected chi connectivity index (χ4v) is 4.66. The number of aromatic nitrogens is 4. The Balaban J connectivity index is 0.000000193. The van der Waals surface area contributed by atoms with Crippen molar-refractivity contribution in [3.63, 3.8) is 0 Å². The van der Waals surface area contributed by atoms with E-state index in [2.05, 4.69) is 35.9 Å². The lowest BCUT2D eigenvalue weighted by Gasteiger charge is -2.20. The average molecular weight is 712 g/mol. The largest absolute Gasteiger partial charge is 0.508 e. The molecule has 0 amide bonds. The fourth-order valence-electron chi connectivity index (χ4n) is 4.66. The topological polar surface area (TPSA) is 114 Å². The molecule has 1 N–H and O–H groups in total. The third-order valence-corrected chi connectivity index (χ3v) is 7.23. The van der Waals surface area contributed by atoms with E-state index in [0.717, 1.165) is 44.9 Å². The number of alkyl halides is 3. The quantitative estimate of drug-likeness (QED) is 0.154. The van der Waals surface area contributed by atoms with Gasteiger partial charge < -0.3 is 28.5 Å². The molecule has 248 valence electrons. The Morgan fingerprint density at radius 1 is 0.702 bits per heavy atom. The second-order valence-electron chi connectivity index (χ2n) is 10.4. The molecule has 0 unspecified atom stereocenters. The Kier molecular flexibility index (Phi) is 12.1. The van der Waals surface area contributed by atoms with Crippen LogP contribution in [0.25, 0.3) is 22.2 Å². The predicted molar refractivity (Wildman–Crippen MR) is 184 cm³/mol. The van der Waals surface area contributed by atoms with Crippen molar-refractivity contribution in [1.82, 2.24) is 19.9 Å². The molecule has 2 aromatic carbocycles. The number of hydrogen-bond donors (Lipinski definition) is 1. The van der Waals surface area contributed by atoms with E-state index in [-0.39, 0.29) is 19.0 Å². The SMILES string of the molecule is Cc1nc(N(C)c2ccc(O)cc2)c2c(C)coc2n1.Cc1nc(N(C)c2ccc(OCCF)cc2)c2c(C)coc2n1.FCCBr. The predicted octanol–water partition coefficient (Wildman–Crippen LogP) is 8.62. The van der Waals surface area contributed by atoms with E-state index >= 15 is 0 Å². The zero-order valence-electron chi connectivity index (χ0n) is 27.1. The van der Waals surface area contributed by atoms with Gasteiger partial charge in [0.05, 0.1) is 30.0 Å². The molecule has 47 heavy (non-hydrogen) atoms. The molecule has 0 atom stereocenters. The first-order valence-electron chi connectivity index (χ1n) is 14.7. The van der Waals surface area contributed by atoms with E-state index in [1.165, 1.54) is 0 Å². The standard InChI is InChI=1S/C17H18FN3O2.C15H15N3O2.C2H4BrF/c1-11-10-23-17-15(11)16(19-12(2)20-17)21(3)13-4-6-14(7-5-13)22-9-8-18;1-9-8-20-15-13(9)14(16-10(2)17-15)18(3)11-4-6-12(19)7-5-11;3-1-2-4/h4-7,10H,8-9H2,1-3H3;4-8,19H,1-3H3;1-2H2. The van der Waals surface area contributed by atoms with Gasteiger partial charge in [0.1, 0.15) is 48.1 Å². The van der Waals surface area contributed by atoms with Crippen LogP contribution in [0.2, 0.25) is 0 Å². The van der Waals surface area contributed by atoms with Crippen LogP contribution in [0.5, 0.6) is 11.5 Å². The van der Waals surface area contributed by atoms with Gasteiger partial charge in [-0.3, -0.25) is 4.39 Å². The van der Waals surface area contributed by atoms with E-state index in [9.17, 15) is 13.9 Å². The number of fused-ring (bicyclic) bond motifs is 2. The monoisotopic (exact) mass is 710 g/mol. The molecule has 13 heteroatoms. The molecular weight excluding hydrogens is 674 g/mol. The molecule has 0 aliphatic carbocycles. The Hall–Kier alpha value is -4.78. The van der Waals surface area contributed by atoms with Crippen molar-refractivity contribution in [2.24, 2.45) is 0 Å². The first-order valence-corrected chi connectivity index (χ1v) is 15.8. The smallest absolute Gasteiger partial charge is 0.231 e. The highest BCUT2D eigenvalue weighted by molar-refractivity contribution is 9.09. The number of benzene rings is 2. The lowest BCUT2D eigenvalue weighted by molar-refractivity contribution is 0.273. The fraction of sp³-hybridized carbons (Fsp3) is 0.294. The number of hydrogen-bond acceptors (Lipinski definition) is 10. The second kappa shape index (κ2) is 16.2. The summed E-state index contributed by atoms with van der Waals surface area (Å²) in [6.45, 7) is 6.91. The first-order chi connectivity index (χ1) is 22.6. The van der Waals surface area contributed by atoms with Crippen LogP contribution in [-0.2, 0) is 0 Å². The number of halogens is 3. The number of aryl methyl sites for hydroxylation is 4. The van der Waals surface area contributed by atoms with Crippen LogP contribution in [0.4, 0.5) is 31.8 Å². The molecule has 0 saturated carbocycles. The van der Waals surface area contributed by atoms with E-state index in [0.29, 0.717) is 34.2 Å². The van der Waals surface area contributed by atoms with Gasteiger partial charge in [-0.15, -0.1) is 0 Å². The van der Waals surface area contributed by atoms with Gasteiger partial charge in [-0.1, -0.05) is 15.9 Å². The Bertz CT molecular complexity index is 1900. The van der Waals surface area contributed by atoms with Gasteiger partial charge in [0.15, 0.2) is 0 Å². The van der Waals surface area contributed by atoms with Crippen LogP contribution >= 0.6 is 15.9 Å². The summed E-state index contributed by atoms with van der Waals surface area (Å²) >= 11 is 2.87. The van der Waals surface area contributed by atoms with Crippen molar-refractivity contribution in [2.45, 2.75) is 27.7 Å². The van der Waals surface area contributed by atoms with Crippen LogP contribution in [0.1, 0.15) is 22.8 Å². The minimum absolute atomic E-state index is 0.0646. The van der Waals surface area contributed by atoms with Gasteiger partial charge in [-0.2, -0.15) is 9.97 Å². The van der Waals surface area contributed by atoms with Crippen LogP contribution in [0.3, 0.4) is 0 Å². The molecule has 4 heterocycles. The highest BCUT2D eigenvalue weighted by Gasteiger charge is 2.18. The third kappa shape index (κ3) is 8.53. The van der Waals surface area contributed by atoms with Crippen molar-refractivity contribution >= 4 is 61.1 Å². The molecule has 0 radical (unpaired) electrons. The molecule has 6 rings (SSSR count). The zero-order valence-corrected chi connectivity index (χ0v) is 28.7. The highest BCUT2D eigenvalue weighted by Crippen LogP contribution is 2.34. The van der Waals surface area contributed by atoms with Crippen molar-refractivity contribution in [1.29, 1.82) is 0 Å². The van der Waals surface area contributed by atoms with Gasteiger partial charge in [0.2, 0.25) is 11.4 Å². The Labute approximate surface area is 280 Å². The second-order valence-corrected chi connectivity index (χ2v) is 11.2. The van der Waals surface area contributed by atoms with Crippen LogP contribution in [0, 0.1) is 27.7 Å². The van der Waals surface area contributed by atoms with Crippen LogP contribution in [-0.4, -0.2) is 64.4 Å². The highest BCUT2D eigenvalue weighted by atomic mass is 79.9. The Morgan fingerprint density at radius 3 is 1.53 bits per heavy atom. The molecular formula is C34H37BrF2N6O4. The number of furan rings is 2. The molecule has 0 spiro atoms. The molecule has 0 aliphatic heterocycles. The van der Waals surface area contributed by atoms with Gasteiger partial charge in [-0.05, 0) is 76.2 Å². The number of nitrogens with zero attached hydrogens (tertiary/aromatic N) is 6. The zero-order chi connectivity index (χ0) is 34.1. The van der Waals surface area contributed by atoms with Crippen molar-refractivity contribution < 1.29 is 27.5 Å². The summed E-state index contributed by atoms with van der Waals surface area (Å²) in [4.78, 5) is 21.6. The van der Waals surface area contributed by atoms with Gasteiger partial charge in [0.25, 0.3) is 0 Å². The normalized spacial score (nSPS) is 10.7. The molecule has 0 bridgehead atoms. The third-order valence-electron chi connectivity index (χ3n) is 6.93. The van der Waals surface area contributed by atoms with Crippen molar-refractivity contribution in [3.05, 3.63) is 83.8 Å². The minimum atomic E-state index is -0.500. The van der Waals surface area contributed by atoms with E-state index in [4.69, 9.17) is 13.6 Å². The summed E-state index contributed by atoms with van der Waals surface area (Å²) in [6.07, 6.45) is 3.37. The Morgan fingerprint density at radius 2 is 1.13 bits per heavy atom. The maximum Gasteiger partial charge on any atom is 0.231 e. The summed E-state index contributed by atoms with van der Waals surface area (Å²) in [5, 5.41) is 11.6. The van der Waals surface area contributed by atoms with Crippen molar-refractivity contribution in [2.75, 3.05) is 49.2 Å². The molecule has 6 aromatic rings. The molecule has 4 aromatic heterocycles. The minimum Gasteiger partial charge on any atom is -0.508 e. The van der Waals surface area contributed by atoms with E-state index in [1.54, 1.807) is 24.7 Å². The maximum atomic E-state index is 12.1. The summed E-state index contributed by atoms with van der Waals surface area (Å²) in [7, 11) is 3.87. The summed E-state index contributed by atoms with van der Waals surface area (Å²) < 4.78 is 39.0. The van der Waals surface area contributed by atoms with Gasteiger partial charge >= 0.3 is 0 Å². The number of rotatable bonds is 8. The number of phenols is 1. The first kappa shape index (κ1) is 35.1. The summed E-state index contributed by atoms with van der Waals surface area (Å²) in [5.74, 6) is 3.78. The summed E-state index contributed by atoms with van der Waals surface area (Å²) in [5.41, 5.74) is 5.04. The number of ether oxygens (including phenoxy) is 1. The van der Waals surface area contributed by atoms with E-state index < -0.39 is 6.67 Å². The molecule has 0 saturated heterocycles. The number of phenolic OH excluding ortho intramolecular Hbond substituents is 1. The summed E-state index contributed by atoms with van der Waals surface area (Å²) in [6, 6.07) is 14.4. The van der Waals surface area contributed by atoms with Crippen LogP contribution < -0.4 is 14.5 Å². The van der Waals surface area contributed by atoms with Gasteiger partial charge in [0, 0.05) is 41.9 Å². The number of anilines is 4.